The van der Waals surface area contributed by atoms with Crippen LogP contribution in [0.2, 0.25) is 0 Å². The van der Waals surface area contributed by atoms with Crippen molar-refractivity contribution < 1.29 is 14.4 Å². The lowest BCUT2D eigenvalue weighted by Gasteiger charge is -2.35. The molecule has 1 saturated carbocycles. The zero-order valence-corrected chi connectivity index (χ0v) is 21.3. The molecule has 2 fully saturated rings. The Bertz CT molecular complexity index is 948. The Morgan fingerprint density at radius 3 is 2.40 bits per heavy atom. The molecule has 1 aromatic carbocycles. The molecule has 3 rings (SSSR count). The largest absolute Gasteiger partial charge is 0.343 e. The van der Waals surface area contributed by atoms with E-state index in [1.54, 1.807) is 31.0 Å². The lowest BCUT2D eigenvalue weighted by atomic mass is 9.83. The molecule has 1 saturated heterocycles. The summed E-state index contributed by atoms with van der Waals surface area (Å²) in [6.07, 6.45) is 6.17. The van der Waals surface area contributed by atoms with Crippen molar-refractivity contribution >= 4 is 36.0 Å². The summed E-state index contributed by atoms with van der Waals surface area (Å²) in [4.78, 5) is 41.2. The van der Waals surface area contributed by atoms with Crippen molar-refractivity contribution in [3.8, 4) is 0 Å². The number of nitrogens with zero attached hydrogens (tertiary/aromatic N) is 2. The van der Waals surface area contributed by atoms with Crippen LogP contribution in [0.25, 0.3) is 5.70 Å². The first-order valence-corrected chi connectivity index (χ1v) is 12.8. The highest BCUT2D eigenvalue weighted by Crippen LogP contribution is 2.30. The molecule has 1 aliphatic carbocycles. The summed E-state index contributed by atoms with van der Waals surface area (Å²) in [7, 11) is 1.71. The lowest BCUT2D eigenvalue weighted by Crippen LogP contribution is -2.58. The van der Waals surface area contributed by atoms with Gasteiger partial charge in [0.1, 0.15) is 22.8 Å². The summed E-state index contributed by atoms with van der Waals surface area (Å²) >= 11 is 4.40. The van der Waals surface area contributed by atoms with Crippen LogP contribution in [0, 0.1) is 11.4 Å². The number of hydrogen-bond acceptors (Lipinski definition) is 7. The molecule has 1 heterocycles. The van der Waals surface area contributed by atoms with E-state index < -0.39 is 18.1 Å². The van der Waals surface area contributed by atoms with Crippen molar-refractivity contribution in [2.45, 2.75) is 70.0 Å². The van der Waals surface area contributed by atoms with Gasteiger partial charge in [0.2, 0.25) is 17.7 Å². The second kappa shape index (κ2) is 12.8. The molecule has 0 unspecified atom stereocenters. The fraction of sp³-hybridized carbons (Fsp3) is 0.560. The fourth-order valence-electron chi connectivity index (χ4n) is 4.85. The molecule has 9 nitrogen and oxygen atoms in total. The number of benzene rings is 1. The molecular formula is C25H36N6O3S. The Kier molecular flexibility index (Phi) is 9.85. The summed E-state index contributed by atoms with van der Waals surface area (Å²) < 4.78 is 0. The fourth-order valence-corrected chi connectivity index (χ4v) is 5.14. The molecule has 0 radical (unpaired) electrons. The van der Waals surface area contributed by atoms with Gasteiger partial charge in [0, 0.05) is 12.1 Å². The Morgan fingerprint density at radius 2 is 1.77 bits per heavy atom. The third kappa shape index (κ3) is 6.70. The number of carbonyl (C=O) groups excluding carboxylic acids is 3. The second-order valence-corrected chi connectivity index (χ2v) is 9.70. The molecule has 3 amide bonds. The lowest BCUT2D eigenvalue weighted by molar-refractivity contribution is -0.143. The Balaban J connectivity index is 1.78. The highest BCUT2D eigenvalue weighted by atomic mass is 32.1. The first kappa shape index (κ1) is 26.9. The van der Waals surface area contributed by atoms with Crippen molar-refractivity contribution in [1.82, 2.24) is 20.9 Å². The molecule has 35 heavy (non-hydrogen) atoms. The van der Waals surface area contributed by atoms with Gasteiger partial charge >= 0.3 is 0 Å². The Morgan fingerprint density at radius 1 is 1.09 bits per heavy atom. The van der Waals surface area contributed by atoms with Crippen molar-refractivity contribution in [3.63, 3.8) is 0 Å². The van der Waals surface area contributed by atoms with Crippen LogP contribution in [-0.4, -0.2) is 54.3 Å². The second-order valence-electron chi connectivity index (χ2n) is 9.25. The minimum atomic E-state index is -0.669. The van der Waals surface area contributed by atoms with E-state index in [2.05, 4.69) is 33.7 Å². The van der Waals surface area contributed by atoms with E-state index in [4.69, 9.17) is 5.53 Å². The van der Waals surface area contributed by atoms with Crippen LogP contribution in [0.5, 0.6) is 0 Å². The van der Waals surface area contributed by atoms with Gasteiger partial charge < -0.3 is 20.9 Å². The van der Waals surface area contributed by atoms with Gasteiger partial charge in [-0.1, -0.05) is 49.6 Å². The SMILES string of the molecule is CN[C@@H](C)C(=O)N[C@H](C(=O)N1CCC[C@H]1C(=O)N/C(S)=C(/N=N)c1ccccc1)C1CCCCC1. The van der Waals surface area contributed by atoms with Crippen molar-refractivity contribution in [1.29, 1.82) is 5.53 Å². The molecule has 2 aliphatic rings. The molecular weight excluding hydrogens is 464 g/mol. The van der Waals surface area contributed by atoms with E-state index in [1.807, 2.05) is 18.2 Å². The van der Waals surface area contributed by atoms with E-state index in [0.717, 1.165) is 32.1 Å². The molecule has 1 aliphatic heterocycles. The number of likely N-dealkylation sites (tertiary alicyclic amines) is 1. The van der Waals surface area contributed by atoms with Crippen LogP contribution in [0.3, 0.4) is 0 Å². The van der Waals surface area contributed by atoms with Gasteiger partial charge in [0.25, 0.3) is 0 Å². The van der Waals surface area contributed by atoms with E-state index >= 15 is 0 Å². The maximum Gasteiger partial charge on any atom is 0.247 e. The van der Waals surface area contributed by atoms with Gasteiger partial charge in [0.15, 0.2) is 0 Å². The minimum Gasteiger partial charge on any atom is -0.343 e. The van der Waals surface area contributed by atoms with Crippen LogP contribution in [0.4, 0.5) is 0 Å². The molecule has 3 atom stereocenters. The molecule has 4 N–H and O–H groups in total. The zero-order chi connectivity index (χ0) is 25.4. The van der Waals surface area contributed by atoms with Crippen LogP contribution < -0.4 is 16.0 Å². The third-order valence-corrected chi connectivity index (χ3v) is 7.30. The molecule has 10 heteroatoms. The van der Waals surface area contributed by atoms with Crippen molar-refractivity contribution in [3.05, 3.63) is 40.9 Å². The first-order valence-electron chi connectivity index (χ1n) is 12.3. The maximum absolute atomic E-state index is 13.7. The highest BCUT2D eigenvalue weighted by Gasteiger charge is 2.41. The molecule has 0 spiro atoms. The van der Waals surface area contributed by atoms with Crippen molar-refractivity contribution in [2.24, 2.45) is 11.0 Å². The number of thiol groups is 1. The third-order valence-electron chi connectivity index (χ3n) is 6.97. The topological polar surface area (TPSA) is 127 Å². The van der Waals surface area contributed by atoms with Crippen LogP contribution in [0.1, 0.15) is 57.4 Å². The van der Waals surface area contributed by atoms with E-state index in [-0.39, 0.29) is 34.4 Å². The summed E-state index contributed by atoms with van der Waals surface area (Å²) in [5, 5.41) is 12.3. The van der Waals surface area contributed by atoms with Crippen LogP contribution in [0.15, 0.2) is 40.5 Å². The van der Waals surface area contributed by atoms with E-state index in [1.165, 1.54) is 0 Å². The van der Waals surface area contributed by atoms with E-state index in [9.17, 15) is 14.4 Å². The van der Waals surface area contributed by atoms with Crippen LogP contribution >= 0.6 is 12.6 Å². The summed E-state index contributed by atoms with van der Waals surface area (Å²) in [6, 6.07) is 7.30. The highest BCUT2D eigenvalue weighted by molar-refractivity contribution is 7.84. The molecule has 1 aromatic rings. The molecule has 190 valence electrons. The van der Waals surface area contributed by atoms with Gasteiger partial charge in [-0.25, -0.2) is 5.53 Å². The monoisotopic (exact) mass is 500 g/mol. The number of amides is 3. The number of nitrogens with one attached hydrogen (secondary N) is 4. The predicted octanol–water partition coefficient (Wildman–Crippen LogP) is 3.05. The zero-order valence-electron chi connectivity index (χ0n) is 20.4. The number of rotatable bonds is 9. The van der Waals surface area contributed by atoms with Gasteiger partial charge in [0.05, 0.1) is 6.04 Å². The Labute approximate surface area is 212 Å². The molecule has 0 bridgehead atoms. The first-order chi connectivity index (χ1) is 16.9. The van der Waals surface area contributed by atoms with Gasteiger partial charge in [-0.2, -0.15) is 5.11 Å². The van der Waals surface area contributed by atoms with Crippen molar-refractivity contribution in [2.75, 3.05) is 13.6 Å². The van der Waals surface area contributed by atoms with Gasteiger partial charge in [-0.15, -0.1) is 12.6 Å². The number of hydrogen-bond donors (Lipinski definition) is 5. The average Bonchev–Trinajstić information content (AvgIpc) is 3.38. The molecule has 0 aromatic heterocycles. The number of likely N-dealkylation sites (N-methyl/N-ethyl adjacent to an activating group) is 1. The quantitative estimate of drug-likeness (QED) is 0.264. The smallest absolute Gasteiger partial charge is 0.247 e. The van der Waals surface area contributed by atoms with E-state index in [0.29, 0.717) is 24.9 Å². The average molecular weight is 501 g/mol. The van der Waals surface area contributed by atoms with Gasteiger partial charge in [-0.05, 0) is 45.6 Å². The predicted molar refractivity (Wildman–Crippen MR) is 137 cm³/mol. The summed E-state index contributed by atoms with van der Waals surface area (Å²) in [5.74, 6) is -0.734. The standard InChI is InChI=1S/C25H36N6O3S/c1-16(27-2)22(32)28-21(18-12-7-4-8-13-18)25(34)31-15-9-14-19(31)23(33)29-24(35)20(30-26)17-10-5-3-6-11-17/h3,5-6,10-11,16,18-19,21,26-27,35H,4,7-9,12-15H2,1-2H3,(H,28,32)(H,29,33)/b24-20-,30-26?/t16-,19-,21-/m0/s1. The summed E-state index contributed by atoms with van der Waals surface area (Å²) in [5.41, 5.74) is 8.43. The maximum atomic E-state index is 13.7. The number of carbonyl (C=O) groups is 3. The minimum absolute atomic E-state index is 0.0562. The van der Waals surface area contributed by atoms with Gasteiger partial charge in [-0.3, -0.25) is 14.4 Å². The van der Waals surface area contributed by atoms with Crippen LogP contribution in [-0.2, 0) is 14.4 Å². The normalized spacial score (nSPS) is 21.0. The Hall–Kier alpha value is -2.72. The summed E-state index contributed by atoms with van der Waals surface area (Å²) in [6.45, 7) is 2.21.